The van der Waals surface area contributed by atoms with Crippen molar-refractivity contribution < 1.29 is 4.21 Å². The Morgan fingerprint density at radius 1 is 1.29 bits per heavy atom. The summed E-state index contributed by atoms with van der Waals surface area (Å²) in [6.07, 6.45) is 5.21. The first kappa shape index (κ1) is 16.2. The number of H-pyrrole nitrogens is 1. The van der Waals surface area contributed by atoms with Crippen molar-refractivity contribution in [3.05, 3.63) is 40.5 Å². The average molecular weight is 347 g/mol. The highest BCUT2D eigenvalue weighted by atomic mass is 32.2. The molecule has 0 bridgehead atoms. The molecule has 3 aromatic rings. The van der Waals surface area contributed by atoms with Gasteiger partial charge in [0.1, 0.15) is 21.6 Å². The van der Waals surface area contributed by atoms with E-state index in [0.29, 0.717) is 23.3 Å². The Balaban J connectivity index is 2.18. The number of aromatic nitrogens is 6. The molecule has 1 atom stereocenters. The maximum Gasteiger partial charge on any atom is 0.328 e. The van der Waals surface area contributed by atoms with Crippen LogP contribution in [-0.4, -0.2) is 39.4 Å². The molecular formula is C14H17N7O2S. The van der Waals surface area contributed by atoms with Gasteiger partial charge in [-0.1, -0.05) is 6.92 Å². The molecule has 0 fully saturated rings. The van der Waals surface area contributed by atoms with E-state index in [1.165, 1.54) is 10.9 Å². The van der Waals surface area contributed by atoms with Crippen molar-refractivity contribution in [3.8, 4) is 0 Å². The molecule has 0 saturated heterocycles. The van der Waals surface area contributed by atoms with Gasteiger partial charge in [-0.2, -0.15) is 4.98 Å². The van der Waals surface area contributed by atoms with E-state index in [-0.39, 0.29) is 23.1 Å². The second kappa shape index (κ2) is 6.11. The van der Waals surface area contributed by atoms with Crippen molar-refractivity contribution in [3.63, 3.8) is 0 Å². The minimum atomic E-state index is -3.08. The van der Waals surface area contributed by atoms with Crippen LogP contribution in [0.5, 0.6) is 0 Å². The Morgan fingerprint density at radius 2 is 2.00 bits per heavy atom. The fourth-order valence-electron chi connectivity index (χ4n) is 2.41. The van der Waals surface area contributed by atoms with Crippen LogP contribution in [0.2, 0.25) is 0 Å². The van der Waals surface area contributed by atoms with Gasteiger partial charge in [-0.25, -0.2) is 28.7 Å². The lowest BCUT2D eigenvalue weighted by Crippen LogP contribution is -2.18. The predicted octanol–water partition coefficient (Wildman–Crippen LogP) is 1.08. The molecule has 2 N–H and O–H groups in total. The summed E-state index contributed by atoms with van der Waals surface area (Å²) in [5.74, 6) is 0.180. The van der Waals surface area contributed by atoms with Gasteiger partial charge in [0.25, 0.3) is 0 Å². The first-order valence-corrected chi connectivity index (χ1v) is 9.12. The van der Waals surface area contributed by atoms with Crippen LogP contribution in [0, 0.1) is 11.7 Å². The van der Waals surface area contributed by atoms with E-state index < -0.39 is 9.73 Å². The lowest BCUT2D eigenvalue weighted by Gasteiger charge is -2.07. The third-order valence-corrected chi connectivity index (χ3v) is 5.28. The number of hydrogen-bond acceptors (Lipinski definition) is 7. The number of rotatable bonds is 5. The SMILES string of the molecule is CCCS(=N)(=O)c1nc(C)c2[nH]c(=O)n(Cc3cncnc3)c2n1. The van der Waals surface area contributed by atoms with Crippen LogP contribution in [0.25, 0.3) is 11.2 Å². The fourth-order valence-corrected chi connectivity index (χ4v) is 3.69. The second-order valence-corrected chi connectivity index (χ2v) is 7.56. The molecule has 9 nitrogen and oxygen atoms in total. The zero-order chi connectivity index (χ0) is 17.3. The lowest BCUT2D eigenvalue weighted by atomic mass is 10.3. The molecule has 126 valence electrons. The normalized spacial score (nSPS) is 13.9. The summed E-state index contributed by atoms with van der Waals surface area (Å²) < 4.78 is 21.9. The highest BCUT2D eigenvalue weighted by Gasteiger charge is 2.19. The van der Waals surface area contributed by atoms with Crippen LogP contribution in [-0.2, 0) is 16.3 Å². The first-order chi connectivity index (χ1) is 11.4. The summed E-state index contributed by atoms with van der Waals surface area (Å²) >= 11 is 0. The topological polar surface area (TPSA) is 130 Å². The molecule has 0 spiro atoms. The number of nitrogens with zero attached hydrogens (tertiary/aromatic N) is 5. The standard InChI is InChI=1S/C14H17N7O2S/c1-3-4-24(15,23)13-18-9(2)11-12(20-13)21(14(22)19-11)7-10-5-16-8-17-6-10/h5-6,8,15H,3-4,7H2,1-2H3,(H,19,22). The van der Waals surface area contributed by atoms with Crippen LogP contribution in [0.3, 0.4) is 0 Å². The van der Waals surface area contributed by atoms with Crippen molar-refractivity contribution in [2.45, 2.75) is 32.0 Å². The molecule has 0 saturated carbocycles. The summed E-state index contributed by atoms with van der Waals surface area (Å²) in [5.41, 5.74) is 1.69. The van der Waals surface area contributed by atoms with Gasteiger partial charge in [-0.15, -0.1) is 0 Å². The predicted molar refractivity (Wildman–Crippen MR) is 88.3 cm³/mol. The van der Waals surface area contributed by atoms with Gasteiger partial charge in [0.05, 0.1) is 12.2 Å². The van der Waals surface area contributed by atoms with Gasteiger partial charge in [-0.05, 0) is 13.3 Å². The van der Waals surface area contributed by atoms with E-state index in [4.69, 9.17) is 4.78 Å². The van der Waals surface area contributed by atoms with Crippen LogP contribution in [0.15, 0.2) is 28.7 Å². The van der Waals surface area contributed by atoms with Gasteiger partial charge < -0.3 is 4.98 Å². The number of aromatic amines is 1. The van der Waals surface area contributed by atoms with E-state index in [9.17, 15) is 9.00 Å². The minimum absolute atomic E-state index is 0.0357. The molecule has 10 heteroatoms. The molecule has 0 radical (unpaired) electrons. The van der Waals surface area contributed by atoms with Crippen LogP contribution < -0.4 is 5.69 Å². The summed E-state index contributed by atoms with van der Waals surface area (Å²) in [6.45, 7) is 3.77. The van der Waals surface area contributed by atoms with E-state index in [1.54, 1.807) is 19.3 Å². The number of aryl methyl sites for hydroxylation is 1. The van der Waals surface area contributed by atoms with Crippen molar-refractivity contribution in [1.29, 1.82) is 4.78 Å². The van der Waals surface area contributed by atoms with Crippen LogP contribution >= 0.6 is 0 Å². The Labute approximate surface area is 138 Å². The summed E-state index contributed by atoms with van der Waals surface area (Å²) in [6, 6.07) is 0. The van der Waals surface area contributed by atoms with Gasteiger partial charge in [0.15, 0.2) is 5.65 Å². The summed E-state index contributed by atoms with van der Waals surface area (Å²) in [7, 11) is -3.08. The van der Waals surface area contributed by atoms with Gasteiger partial charge in [0, 0.05) is 23.7 Å². The Bertz CT molecular complexity index is 1040. The molecule has 3 rings (SSSR count). The van der Waals surface area contributed by atoms with Gasteiger partial charge in [0.2, 0.25) is 5.16 Å². The monoisotopic (exact) mass is 347 g/mol. The molecule has 24 heavy (non-hydrogen) atoms. The smallest absolute Gasteiger partial charge is 0.303 e. The number of hydrogen-bond donors (Lipinski definition) is 2. The Kier molecular flexibility index (Phi) is 4.14. The van der Waals surface area contributed by atoms with Crippen molar-refractivity contribution in [2.24, 2.45) is 0 Å². The number of fused-ring (bicyclic) bond motifs is 1. The van der Waals surface area contributed by atoms with Crippen molar-refractivity contribution in [1.82, 2.24) is 29.5 Å². The molecule has 3 aromatic heterocycles. The quantitative estimate of drug-likeness (QED) is 0.664. The van der Waals surface area contributed by atoms with Gasteiger partial charge in [-0.3, -0.25) is 4.57 Å². The molecular weight excluding hydrogens is 330 g/mol. The van der Waals surface area contributed by atoms with Crippen LogP contribution in [0.4, 0.5) is 0 Å². The maximum absolute atomic E-state index is 12.5. The van der Waals surface area contributed by atoms with Gasteiger partial charge >= 0.3 is 5.69 Å². The summed E-state index contributed by atoms with van der Waals surface area (Å²) in [4.78, 5) is 31.3. The van der Waals surface area contributed by atoms with E-state index >= 15 is 0 Å². The molecule has 0 aliphatic carbocycles. The van der Waals surface area contributed by atoms with E-state index in [1.807, 2.05) is 6.92 Å². The van der Waals surface area contributed by atoms with Crippen molar-refractivity contribution >= 4 is 20.9 Å². The molecule has 0 aliphatic heterocycles. The molecule has 3 heterocycles. The first-order valence-electron chi connectivity index (χ1n) is 7.40. The average Bonchev–Trinajstić information content (AvgIpc) is 2.85. The van der Waals surface area contributed by atoms with Crippen LogP contribution in [0.1, 0.15) is 24.6 Å². The van der Waals surface area contributed by atoms with E-state index in [2.05, 4.69) is 24.9 Å². The summed E-state index contributed by atoms with van der Waals surface area (Å²) in [5, 5.41) is -0.0357. The van der Waals surface area contributed by atoms with E-state index in [0.717, 1.165) is 5.56 Å². The maximum atomic E-state index is 12.5. The molecule has 0 amide bonds. The largest absolute Gasteiger partial charge is 0.328 e. The number of nitrogens with one attached hydrogen (secondary N) is 2. The zero-order valence-corrected chi connectivity index (χ0v) is 14.1. The number of imidazole rings is 1. The minimum Gasteiger partial charge on any atom is -0.303 e. The highest BCUT2D eigenvalue weighted by Crippen LogP contribution is 2.16. The van der Waals surface area contributed by atoms with Crippen molar-refractivity contribution in [2.75, 3.05) is 5.75 Å². The fraction of sp³-hybridized carbons (Fsp3) is 0.357. The lowest BCUT2D eigenvalue weighted by molar-refractivity contribution is 0.664. The Morgan fingerprint density at radius 3 is 2.67 bits per heavy atom. The molecule has 0 aromatic carbocycles. The second-order valence-electron chi connectivity index (χ2n) is 5.43. The Hall–Kier alpha value is -2.62. The third kappa shape index (κ3) is 2.92. The highest BCUT2D eigenvalue weighted by molar-refractivity contribution is 7.92. The zero-order valence-electron chi connectivity index (χ0n) is 13.3. The third-order valence-electron chi connectivity index (χ3n) is 3.52. The molecule has 0 aliphatic rings. The molecule has 1 unspecified atom stereocenters.